The summed E-state index contributed by atoms with van der Waals surface area (Å²) in [6.45, 7) is 0. The summed E-state index contributed by atoms with van der Waals surface area (Å²) >= 11 is 0. The molecule has 0 spiro atoms. The van der Waals surface area contributed by atoms with Gasteiger partial charge in [-0.15, -0.1) is 0 Å². The Kier molecular flexibility index (Phi) is 17.2. The fourth-order valence-corrected chi connectivity index (χ4v) is 19.3. The van der Waals surface area contributed by atoms with Gasteiger partial charge in [0.05, 0.1) is 49.9 Å². The summed E-state index contributed by atoms with van der Waals surface area (Å²) in [5.74, 6) is 2.82. The molecule has 8 nitrogen and oxygen atoms in total. The van der Waals surface area contributed by atoms with Crippen LogP contribution in [0.25, 0.3) is 217 Å². The third kappa shape index (κ3) is 12.2. The van der Waals surface area contributed by atoms with Gasteiger partial charge in [0.25, 0.3) is 0 Å². The van der Waals surface area contributed by atoms with Crippen LogP contribution >= 0.6 is 0 Å². The Morgan fingerprint density at radius 1 is 0.202 bits per heavy atom. The molecule has 6 aromatic heterocycles. The first kappa shape index (κ1) is 71.7. The van der Waals surface area contributed by atoms with Crippen LogP contribution in [0.4, 0.5) is 0 Å². The van der Waals surface area contributed by atoms with Gasteiger partial charge in [0.15, 0.2) is 29.1 Å². The van der Waals surface area contributed by atoms with Crippen LogP contribution in [0.3, 0.4) is 0 Å². The Balaban J connectivity index is 0.963. The largest absolute Gasteiger partial charge is 0.305 e. The minimum atomic E-state index is 0.0568. The van der Waals surface area contributed by atoms with Crippen molar-refractivity contribution in [1.82, 2.24) is 38.2 Å². The molecule has 1 aliphatic carbocycles. The molecule has 580 valence electrons. The maximum atomic E-state index is 6.96. The van der Waals surface area contributed by atoms with Crippen molar-refractivity contribution in [3.8, 4) is 135 Å². The van der Waals surface area contributed by atoms with E-state index in [0.717, 1.165) is 189 Å². The van der Waals surface area contributed by atoms with E-state index in [1.807, 2.05) is 0 Å². The van der Waals surface area contributed by atoms with Gasteiger partial charge in [0, 0.05) is 54.7 Å². The number of fused-ring (bicyclic) bond motifs is 12. The van der Waals surface area contributed by atoms with Crippen LogP contribution in [0.15, 0.2) is 437 Å². The summed E-state index contributed by atoms with van der Waals surface area (Å²) in [4.78, 5) is 24.9. The van der Waals surface area contributed by atoms with Gasteiger partial charge in [0.1, 0.15) is 11.4 Å². The van der Waals surface area contributed by atoms with Crippen molar-refractivity contribution in [2.45, 2.75) is 12.3 Å². The molecule has 1 unspecified atom stereocenters. The SMILES string of the molecule is C1=CC(c2ccccc2)Cc2c1n(-c1nc(-n3c4ccc(-c5ccccc5)cc4c4cc(-c5ccccc5)ccc43)c(-n3c4ccc(-c5ccccc5)cc4c4cc(-c5ccccc5)ccc43)c(-c3nc(-c4ccccc4)nc(-c4ccccc4)n3)c1-n1c3ccc(-c4ccccc4)cc3c3cc(-c4ccccc4)ccc31)c1ccc(-c3ccccc3)cc21. The number of hydrogen-bond acceptors (Lipinski definition) is 4. The fourth-order valence-electron chi connectivity index (χ4n) is 19.3. The van der Waals surface area contributed by atoms with Gasteiger partial charge in [0.2, 0.25) is 0 Å². The first-order valence-electron chi connectivity index (χ1n) is 42.5. The molecule has 0 saturated heterocycles. The highest BCUT2D eigenvalue weighted by Gasteiger charge is 2.37. The molecule has 0 N–H and O–H groups in total. The number of allylic oxidation sites excluding steroid dienone is 1. The molecule has 0 amide bonds. The van der Waals surface area contributed by atoms with Gasteiger partial charge in [-0.2, -0.15) is 0 Å². The molecule has 0 aliphatic heterocycles. The Labute approximate surface area is 716 Å². The lowest BCUT2D eigenvalue weighted by atomic mass is 9.86. The average molecular weight is 1580 g/mol. The van der Waals surface area contributed by atoms with E-state index in [4.69, 9.17) is 19.9 Å². The minimum absolute atomic E-state index is 0.0568. The van der Waals surface area contributed by atoms with Gasteiger partial charge >= 0.3 is 0 Å². The number of pyridine rings is 1. The first-order chi connectivity index (χ1) is 61.5. The summed E-state index contributed by atoms with van der Waals surface area (Å²) < 4.78 is 10.0. The zero-order chi connectivity index (χ0) is 81.7. The van der Waals surface area contributed by atoms with Crippen molar-refractivity contribution >= 4 is 82.4 Å². The number of nitrogens with zero attached hydrogens (tertiary/aromatic N) is 8. The molecule has 0 saturated carbocycles. The van der Waals surface area contributed by atoms with Crippen molar-refractivity contribution in [1.29, 1.82) is 0 Å². The molecule has 17 aromatic carbocycles. The summed E-state index contributed by atoms with van der Waals surface area (Å²) in [7, 11) is 0. The van der Waals surface area contributed by atoms with Crippen LogP contribution < -0.4 is 0 Å². The summed E-state index contributed by atoms with van der Waals surface area (Å²) in [6.07, 6.45) is 5.54. The second-order valence-electron chi connectivity index (χ2n) is 32.3. The molecule has 0 bridgehead atoms. The fraction of sp³-hybridized carbons (Fsp3) is 0.0172. The third-order valence-electron chi connectivity index (χ3n) is 25.2. The molecule has 0 fully saturated rings. The number of benzene rings is 17. The third-order valence-corrected chi connectivity index (χ3v) is 25.2. The lowest BCUT2D eigenvalue weighted by Crippen LogP contribution is -2.18. The van der Waals surface area contributed by atoms with Crippen LogP contribution in [-0.2, 0) is 6.42 Å². The molecule has 1 aliphatic rings. The molecule has 6 heterocycles. The van der Waals surface area contributed by atoms with E-state index in [0.29, 0.717) is 34.7 Å². The van der Waals surface area contributed by atoms with Crippen LogP contribution in [-0.4, -0.2) is 38.2 Å². The van der Waals surface area contributed by atoms with E-state index in [9.17, 15) is 0 Å². The van der Waals surface area contributed by atoms with Crippen LogP contribution in [0, 0.1) is 0 Å². The van der Waals surface area contributed by atoms with E-state index in [1.165, 1.54) is 11.1 Å². The molecule has 0 radical (unpaired) electrons. The summed E-state index contributed by atoms with van der Waals surface area (Å²) in [5.41, 5.74) is 29.6. The topological polar surface area (TPSA) is 71.3 Å². The van der Waals surface area contributed by atoms with Gasteiger partial charge < -0.3 is 9.13 Å². The molecular formula is C116H76N8. The highest BCUT2D eigenvalue weighted by atomic mass is 15.2. The van der Waals surface area contributed by atoms with E-state index in [1.54, 1.807) is 0 Å². The zero-order valence-electron chi connectivity index (χ0n) is 67.5. The van der Waals surface area contributed by atoms with E-state index < -0.39 is 0 Å². The molecular weight excluding hydrogens is 1510 g/mol. The maximum Gasteiger partial charge on any atom is 0.168 e. The Bertz CT molecular complexity index is 7780. The van der Waals surface area contributed by atoms with E-state index in [-0.39, 0.29) is 5.92 Å². The number of rotatable bonds is 15. The van der Waals surface area contributed by atoms with Crippen LogP contribution in [0.1, 0.15) is 22.7 Å². The predicted molar refractivity (Wildman–Crippen MR) is 514 cm³/mol. The first-order valence-corrected chi connectivity index (χ1v) is 42.5. The molecule has 23 aromatic rings. The highest BCUT2D eigenvalue weighted by molar-refractivity contribution is 6.17. The Hall–Kier alpha value is -16.4. The van der Waals surface area contributed by atoms with Crippen LogP contribution in [0.5, 0.6) is 0 Å². The summed E-state index contributed by atoms with van der Waals surface area (Å²) in [6, 6.07) is 157. The van der Waals surface area contributed by atoms with Gasteiger partial charge in [-0.3, -0.25) is 9.13 Å². The second-order valence-corrected chi connectivity index (χ2v) is 32.3. The van der Waals surface area contributed by atoms with Crippen molar-refractivity contribution in [3.63, 3.8) is 0 Å². The van der Waals surface area contributed by atoms with Crippen LogP contribution in [0.2, 0.25) is 0 Å². The smallest absolute Gasteiger partial charge is 0.168 e. The standard InChI is InChI=1S/C116H76N8/c1-11-31-75(32-12-1)85-51-59-101-93(67-85)94-68-86(76-33-13-2-14-34-76)52-60-102(94)121(101)110-109(114-118-112(83-47-27-9-28-48-83)117-113(119-114)84-49-29-10-30-50-84)111(122-103-61-53-87(77-35-15-3-16-36-77)69-95(103)96-70-88(54-62-104(96)122)78-37-17-4-18-38-78)116(124-107-65-57-91(81-43-23-7-24-44-81)73-99(107)100-74-92(58-66-108(100)124)82-45-25-8-26-46-82)120-115(110)123-105-63-55-89(79-39-19-5-20-40-79)71-97(105)98-72-90(56-64-106(98)123)80-41-21-6-22-42-80/h1-73,92H,74H2. The normalized spacial score (nSPS) is 12.7. The summed E-state index contributed by atoms with van der Waals surface area (Å²) in [5, 5.41) is 7.49. The van der Waals surface area contributed by atoms with Crippen molar-refractivity contribution in [3.05, 3.63) is 454 Å². The molecule has 24 rings (SSSR count). The number of aromatic nitrogens is 8. The van der Waals surface area contributed by atoms with E-state index in [2.05, 4.69) is 461 Å². The zero-order valence-corrected chi connectivity index (χ0v) is 67.5. The van der Waals surface area contributed by atoms with Crippen molar-refractivity contribution < 1.29 is 0 Å². The highest BCUT2D eigenvalue weighted by Crippen LogP contribution is 2.52. The maximum absolute atomic E-state index is 6.96. The molecule has 8 heteroatoms. The average Bonchev–Trinajstić information content (AvgIpc) is 1.50. The van der Waals surface area contributed by atoms with Gasteiger partial charge in [-0.1, -0.05) is 352 Å². The quantitative estimate of drug-likeness (QED) is 0.103. The van der Waals surface area contributed by atoms with Gasteiger partial charge in [-0.05, 0) is 186 Å². The molecule has 1 atom stereocenters. The Morgan fingerprint density at radius 3 is 0.742 bits per heavy atom. The van der Waals surface area contributed by atoms with E-state index >= 15 is 0 Å². The molecule has 124 heavy (non-hydrogen) atoms. The monoisotopic (exact) mass is 1580 g/mol. The number of hydrogen-bond donors (Lipinski definition) is 0. The van der Waals surface area contributed by atoms with Gasteiger partial charge in [-0.25, -0.2) is 19.9 Å². The Morgan fingerprint density at radius 2 is 0.444 bits per heavy atom. The lowest BCUT2D eigenvalue weighted by molar-refractivity contribution is 0.822. The predicted octanol–water partition coefficient (Wildman–Crippen LogP) is 29.5. The van der Waals surface area contributed by atoms with Crippen molar-refractivity contribution in [2.24, 2.45) is 0 Å². The lowest BCUT2D eigenvalue weighted by Gasteiger charge is -2.27. The second kappa shape index (κ2) is 29.8. The van der Waals surface area contributed by atoms with Crippen molar-refractivity contribution in [2.75, 3.05) is 0 Å². The minimum Gasteiger partial charge on any atom is -0.305 e.